The molecule has 2 aliphatic rings. The zero-order valence-electron chi connectivity index (χ0n) is 19.2. The molecule has 178 valence electrons. The maximum absolute atomic E-state index is 13.7. The lowest BCUT2D eigenvalue weighted by Crippen LogP contribution is -2.45. The number of amides is 1. The molecular weight excluding hydrogens is 462 g/mol. The zero-order valence-corrected chi connectivity index (χ0v) is 20.0. The summed E-state index contributed by atoms with van der Waals surface area (Å²) in [4.78, 5) is 26.9. The van der Waals surface area contributed by atoms with E-state index in [1.165, 1.54) is 4.70 Å². The number of hydrogen-bond acceptors (Lipinski definition) is 8. The van der Waals surface area contributed by atoms with Crippen molar-refractivity contribution in [2.24, 2.45) is 5.92 Å². The Bertz CT molecular complexity index is 1340. The van der Waals surface area contributed by atoms with Gasteiger partial charge in [-0.15, -0.1) is 11.3 Å². The van der Waals surface area contributed by atoms with Crippen molar-refractivity contribution in [1.29, 1.82) is 5.26 Å². The van der Waals surface area contributed by atoms with Gasteiger partial charge in [-0.05, 0) is 56.4 Å². The molecule has 0 saturated carbocycles. The van der Waals surface area contributed by atoms with E-state index in [4.69, 9.17) is 13.8 Å². The number of aromatic nitrogens is 2. The first-order valence-corrected chi connectivity index (χ1v) is 12.9. The van der Waals surface area contributed by atoms with Gasteiger partial charge in [-0.25, -0.2) is 4.98 Å². The highest BCUT2D eigenvalue weighted by Crippen LogP contribution is 2.38. The minimum atomic E-state index is -0.0424. The third-order valence-electron chi connectivity index (χ3n) is 6.96. The third-order valence-corrected chi connectivity index (χ3v) is 8.10. The van der Waals surface area contributed by atoms with E-state index in [0.29, 0.717) is 43.5 Å². The molecule has 6 rings (SSSR count). The van der Waals surface area contributed by atoms with Crippen LogP contribution in [0.3, 0.4) is 0 Å². The molecule has 8 nitrogen and oxygen atoms in total. The van der Waals surface area contributed by atoms with Crippen molar-refractivity contribution < 1.29 is 13.6 Å². The molecule has 9 heteroatoms. The Morgan fingerprint density at radius 3 is 2.69 bits per heavy atom. The van der Waals surface area contributed by atoms with Crippen molar-refractivity contribution in [2.75, 3.05) is 24.5 Å². The average molecular weight is 488 g/mol. The molecule has 1 amide bonds. The Kier molecular flexibility index (Phi) is 5.74. The van der Waals surface area contributed by atoms with Crippen LogP contribution in [0.4, 0.5) is 5.88 Å². The van der Waals surface area contributed by atoms with E-state index in [0.717, 1.165) is 36.3 Å². The number of anilines is 1. The number of carbonyl (C=O) groups is 1. The molecule has 3 aromatic heterocycles. The quantitative estimate of drug-likeness (QED) is 0.381. The number of nitrogens with zero attached hydrogens (tertiary/aromatic N) is 5. The number of thiazole rings is 1. The number of oxazole rings is 1. The Morgan fingerprint density at radius 2 is 1.91 bits per heavy atom. The second kappa shape index (κ2) is 9.19. The van der Waals surface area contributed by atoms with Gasteiger partial charge in [-0.3, -0.25) is 4.79 Å². The summed E-state index contributed by atoms with van der Waals surface area (Å²) in [6, 6.07) is 13.9. The topological polar surface area (TPSA) is 99.4 Å². The Labute approximate surface area is 206 Å². The molecule has 2 saturated heterocycles. The predicted molar refractivity (Wildman–Crippen MR) is 132 cm³/mol. The number of benzene rings is 1. The summed E-state index contributed by atoms with van der Waals surface area (Å²) < 4.78 is 12.4. The van der Waals surface area contributed by atoms with Crippen LogP contribution < -0.4 is 4.90 Å². The van der Waals surface area contributed by atoms with Crippen LogP contribution in [0.15, 0.2) is 51.5 Å². The number of furan rings is 1. The van der Waals surface area contributed by atoms with Gasteiger partial charge < -0.3 is 18.6 Å². The van der Waals surface area contributed by atoms with Gasteiger partial charge in [0, 0.05) is 25.6 Å². The van der Waals surface area contributed by atoms with Crippen molar-refractivity contribution in [3.63, 3.8) is 0 Å². The van der Waals surface area contributed by atoms with E-state index < -0.39 is 0 Å². The van der Waals surface area contributed by atoms with E-state index in [-0.39, 0.29) is 23.6 Å². The standard InChI is InChI=1S/C26H25N5O3S/c27-16-19-26(34-23(28-19)21-8-5-15-33-21)30-13-10-17(11-14-30)25(32)31-12-4-3-7-20(31)24-29-18-6-1-2-9-22(18)35-24/h1-2,5-6,8-9,15,17,20H,3-4,7,10-14H2. The van der Waals surface area contributed by atoms with Crippen LogP contribution in [0.2, 0.25) is 0 Å². The number of rotatable bonds is 4. The fraction of sp³-hybridized carbons (Fsp3) is 0.385. The molecule has 0 aliphatic carbocycles. The minimum absolute atomic E-state index is 0.0424. The van der Waals surface area contributed by atoms with Crippen LogP contribution in [0, 0.1) is 17.2 Å². The smallest absolute Gasteiger partial charge is 0.266 e. The first-order valence-electron chi connectivity index (χ1n) is 12.1. The van der Waals surface area contributed by atoms with E-state index in [2.05, 4.69) is 22.0 Å². The third kappa shape index (κ3) is 4.08. The molecule has 2 fully saturated rings. The van der Waals surface area contributed by atoms with Crippen LogP contribution in [0.25, 0.3) is 21.9 Å². The first-order chi connectivity index (χ1) is 17.2. The van der Waals surface area contributed by atoms with E-state index in [1.54, 1.807) is 29.7 Å². The highest BCUT2D eigenvalue weighted by atomic mass is 32.1. The number of likely N-dealkylation sites (tertiary alicyclic amines) is 1. The lowest BCUT2D eigenvalue weighted by atomic mass is 9.92. The molecule has 35 heavy (non-hydrogen) atoms. The lowest BCUT2D eigenvalue weighted by Gasteiger charge is -2.39. The predicted octanol–water partition coefficient (Wildman–Crippen LogP) is 5.39. The largest absolute Gasteiger partial charge is 0.459 e. The van der Waals surface area contributed by atoms with Crippen LogP contribution in [-0.2, 0) is 4.79 Å². The summed E-state index contributed by atoms with van der Waals surface area (Å²) in [6.45, 7) is 2.06. The molecule has 0 bridgehead atoms. The fourth-order valence-corrected chi connectivity index (χ4v) is 6.27. The number of hydrogen-bond donors (Lipinski definition) is 0. The van der Waals surface area contributed by atoms with Gasteiger partial charge in [0.25, 0.3) is 5.89 Å². The normalized spacial score (nSPS) is 19.2. The Hall–Kier alpha value is -3.64. The van der Waals surface area contributed by atoms with Gasteiger partial charge in [-0.1, -0.05) is 12.1 Å². The summed E-state index contributed by atoms with van der Waals surface area (Å²) in [7, 11) is 0. The van der Waals surface area contributed by atoms with Gasteiger partial charge in [0.1, 0.15) is 11.1 Å². The fourth-order valence-electron chi connectivity index (χ4n) is 5.15. The molecule has 1 atom stereocenters. The van der Waals surface area contributed by atoms with Gasteiger partial charge in [0.15, 0.2) is 5.76 Å². The van der Waals surface area contributed by atoms with Crippen molar-refractivity contribution in [3.05, 3.63) is 53.4 Å². The summed E-state index contributed by atoms with van der Waals surface area (Å²) in [5.74, 6) is 1.42. The zero-order chi connectivity index (χ0) is 23.8. The monoisotopic (exact) mass is 487 g/mol. The summed E-state index contributed by atoms with van der Waals surface area (Å²) in [5.41, 5.74) is 1.25. The SMILES string of the molecule is N#Cc1nc(-c2ccco2)oc1N1CCC(C(=O)N2CCCCC2c2nc3ccccc3s2)CC1. The van der Waals surface area contributed by atoms with E-state index in [9.17, 15) is 10.1 Å². The Balaban J connectivity index is 1.16. The first kappa shape index (κ1) is 21.9. The van der Waals surface area contributed by atoms with Crippen LogP contribution in [-0.4, -0.2) is 40.4 Å². The molecular formula is C26H25N5O3S. The maximum Gasteiger partial charge on any atom is 0.266 e. The molecule has 5 heterocycles. The lowest BCUT2D eigenvalue weighted by molar-refractivity contribution is -0.140. The minimum Gasteiger partial charge on any atom is -0.459 e. The van der Waals surface area contributed by atoms with Crippen molar-refractivity contribution >= 4 is 33.3 Å². The summed E-state index contributed by atoms with van der Waals surface area (Å²) in [5, 5.41) is 10.6. The molecule has 4 aromatic rings. The van der Waals surface area contributed by atoms with Crippen LogP contribution >= 0.6 is 11.3 Å². The second-order valence-corrected chi connectivity index (χ2v) is 10.1. The number of fused-ring (bicyclic) bond motifs is 1. The van der Waals surface area contributed by atoms with Gasteiger partial charge in [0.05, 0.1) is 22.5 Å². The molecule has 0 radical (unpaired) electrons. The number of para-hydroxylation sites is 1. The molecule has 0 N–H and O–H groups in total. The van der Waals surface area contributed by atoms with Gasteiger partial charge in [-0.2, -0.15) is 10.2 Å². The van der Waals surface area contributed by atoms with Crippen LogP contribution in [0.1, 0.15) is 48.8 Å². The van der Waals surface area contributed by atoms with Crippen molar-refractivity contribution in [2.45, 2.75) is 38.1 Å². The second-order valence-electron chi connectivity index (χ2n) is 9.09. The van der Waals surface area contributed by atoms with Gasteiger partial charge in [0.2, 0.25) is 17.5 Å². The molecule has 1 unspecified atom stereocenters. The number of nitriles is 1. The van der Waals surface area contributed by atoms with E-state index in [1.807, 2.05) is 23.1 Å². The van der Waals surface area contributed by atoms with Crippen molar-refractivity contribution in [3.8, 4) is 17.7 Å². The number of carbonyl (C=O) groups excluding carboxylic acids is 1. The average Bonchev–Trinajstić information content (AvgIpc) is 3.67. The molecule has 0 spiro atoms. The Morgan fingerprint density at radius 1 is 1.06 bits per heavy atom. The summed E-state index contributed by atoms with van der Waals surface area (Å²) >= 11 is 1.70. The van der Waals surface area contributed by atoms with Gasteiger partial charge >= 0.3 is 0 Å². The number of piperidine rings is 2. The van der Waals surface area contributed by atoms with Crippen LogP contribution in [0.5, 0.6) is 0 Å². The molecule has 2 aliphatic heterocycles. The van der Waals surface area contributed by atoms with Crippen molar-refractivity contribution in [1.82, 2.24) is 14.9 Å². The van der Waals surface area contributed by atoms with E-state index >= 15 is 0 Å². The highest BCUT2D eigenvalue weighted by molar-refractivity contribution is 7.18. The maximum atomic E-state index is 13.7. The summed E-state index contributed by atoms with van der Waals surface area (Å²) in [6.07, 6.45) is 6.08. The molecule has 1 aromatic carbocycles. The highest BCUT2D eigenvalue weighted by Gasteiger charge is 2.36.